The van der Waals surface area contributed by atoms with Crippen molar-refractivity contribution in [1.82, 2.24) is 0 Å². The fourth-order valence-electron chi connectivity index (χ4n) is 1.81. The van der Waals surface area contributed by atoms with Crippen LogP contribution in [0.2, 0.25) is 0 Å². The Morgan fingerprint density at radius 1 is 1.15 bits per heavy atom. The average Bonchev–Trinajstić information content (AvgIpc) is 2.41. The Bertz CT molecular complexity index is 597. The van der Waals surface area contributed by atoms with Crippen LogP contribution >= 0.6 is 15.9 Å². The molecule has 0 amide bonds. The van der Waals surface area contributed by atoms with E-state index in [0.717, 1.165) is 27.2 Å². The number of aliphatic hydroxyl groups is 1. The topological polar surface area (TPSA) is 32.7 Å². The fraction of sp³-hybridized carbons (Fsp3) is 0.250. The minimum Gasteiger partial charge on any atom is -0.456 e. The molecule has 0 heterocycles. The Balaban J connectivity index is 2.24. The second kappa shape index (κ2) is 6.29. The molecule has 1 N–H and O–H groups in total. The summed E-state index contributed by atoms with van der Waals surface area (Å²) in [5, 5.41) is 9.56. The highest BCUT2D eigenvalue weighted by Gasteiger charge is 2.08. The number of hydrogen-bond acceptors (Lipinski definition) is 3. The van der Waals surface area contributed by atoms with Crippen molar-refractivity contribution in [2.75, 3.05) is 19.0 Å². The van der Waals surface area contributed by atoms with E-state index < -0.39 is 6.10 Å². The second-order valence-electron chi connectivity index (χ2n) is 4.86. The molecule has 0 saturated carbocycles. The van der Waals surface area contributed by atoms with Crippen molar-refractivity contribution in [3.63, 3.8) is 0 Å². The maximum absolute atomic E-state index is 9.56. The van der Waals surface area contributed by atoms with Crippen molar-refractivity contribution < 1.29 is 9.84 Å². The highest BCUT2D eigenvalue weighted by molar-refractivity contribution is 9.10. The molecule has 0 spiro atoms. The van der Waals surface area contributed by atoms with Crippen LogP contribution < -0.4 is 9.64 Å². The van der Waals surface area contributed by atoms with Gasteiger partial charge in [-0.1, -0.05) is 12.1 Å². The van der Waals surface area contributed by atoms with E-state index in [1.54, 1.807) is 6.92 Å². The lowest BCUT2D eigenvalue weighted by atomic mass is 10.1. The van der Waals surface area contributed by atoms with Crippen LogP contribution in [0.25, 0.3) is 0 Å². The summed E-state index contributed by atoms with van der Waals surface area (Å²) in [4.78, 5) is 2.03. The van der Waals surface area contributed by atoms with Crippen molar-refractivity contribution in [2.24, 2.45) is 0 Å². The van der Waals surface area contributed by atoms with Gasteiger partial charge in [0.1, 0.15) is 11.5 Å². The van der Waals surface area contributed by atoms with E-state index in [-0.39, 0.29) is 0 Å². The number of anilines is 1. The van der Waals surface area contributed by atoms with E-state index in [4.69, 9.17) is 4.74 Å². The third kappa shape index (κ3) is 3.52. The number of hydrogen-bond donors (Lipinski definition) is 1. The van der Waals surface area contributed by atoms with Crippen LogP contribution in [0.3, 0.4) is 0 Å². The lowest BCUT2D eigenvalue weighted by Gasteiger charge is -2.15. The van der Waals surface area contributed by atoms with Gasteiger partial charge in [0.05, 0.1) is 10.6 Å². The van der Waals surface area contributed by atoms with Crippen LogP contribution in [-0.4, -0.2) is 19.2 Å². The van der Waals surface area contributed by atoms with Crippen molar-refractivity contribution in [1.29, 1.82) is 0 Å². The molecule has 0 fully saturated rings. The SMILES string of the molecule is CC(O)c1ccc(Oc2cccc(N(C)C)c2)c(Br)c1. The summed E-state index contributed by atoms with van der Waals surface area (Å²) >= 11 is 3.47. The number of ether oxygens (including phenoxy) is 1. The van der Waals surface area contributed by atoms with Gasteiger partial charge >= 0.3 is 0 Å². The second-order valence-corrected chi connectivity index (χ2v) is 5.71. The maximum atomic E-state index is 9.56. The smallest absolute Gasteiger partial charge is 0.141 e. The van der Waals surface area contributed by atoms with E-state index in [1.165, 1.54) is 0 Å². The third-order valence-corrected chi connectivity index (χ3v) is 3.62. The number of nitrogens with zero attached hydrogens (tertiary/aromatic N) is 1. The molecule has 1 unspecified atom stereocenters. The van der Waals surface area contributed by atoms with Gasteiger partial charge in [-0.25, -0.2) is 0 Å². The van der Waals surface area contributed by atoms with Crippen LogP contribution in [0.5, 0.6) is 11.5 Å². The quantitative estimate of drug-likeness (QED) is 0.900. The Hall–Kier alpha value is -1.52. The van der Waals surface area contributed by atoms with Gasteiger partial charge in [0.2, 0.25) is 0 Å². The number of aliphatic hydroxyl groups excluding tert-OH is 1. The van der Waals surface area contributed by atoms with Gasteiger partial charge in [-0.2, -0.15) is 0 Å². The molecule has 0 saturated heterocycles. The maximum Gasteiger partial charge on any atom is 0.141 e. The van der Waals surface area contributed by atoms with Crippen molar-refractivity contribution >= 4 is 21.6 Å². The van der Waals surface area contributed by atoms with E-state index in [1.807, 2.05) is 61.5 Å². The van der Waals surface area contributed by atoms with Gasteiger partial charge in [0.25, 0.3) is 0 Å². The molecule has 2 rings (SSSR count). The van der Waals surface area contributed by atoms with E-state index in [2.05, 4.69) is 15.9 Å². The molecule has 1 atom stereocenters. The van der Waals surface area contributed by atoms with Gasteiger partial charge in [-0.15, -0.1) is 0 Å². The zero-order chi connectivity index (χ0) is 14.7. The van der Waals surface area contributed by atoms with Gasteiger partial charge < -0.3 is 14.7 Å². The standard InChI is InChI=1S/C16H18BrNO2/c1-11(19)12-7-8-16(15(17)9-12)20-14-6-4-5-13(10-14)18(2)3/h4-11,19H,1-3H3. The van der Waals surface area contributed by atoms with E-state index in [9.17, 15) is 5.11 Å². The zero-order valence-electron chi connectivity index (χ0n) is 11.8. The first-order valence-corrected chi connectivity index (χ1v) is 7.19. The molecular weight excluding hydrogens is 318 g/mol. The summed E-state index contributed by atoms with van der Waals surface area (Å²) in [6.07, 6.45) is -0.489. The fourth-order valence-corrected chi connectivity index (χ4v) is 2.29. The molecule has 20 heavy (non-hydrogen) atoms. The van der Waals surface area contributed by atoms with Crippen LogP contribution in [0, 0.1) is 0 Å². The molecule has 2 aromatic carbocycles. The molecular formula is C16H18BrNO2. The molecule has 0 aromatic heterocycles. The highest BCUT2D eigenvalue weighted by Crippen LogP contribution is 2.33. The predicted molar refractivity (Wildman–Crippen MR) is 85.6 cm³/mol. The molecule has 0 bridgehead atoms. The first-order chi connectivity index (χ1) is 9.47. The largest absolute Gasteiger partial charge is 0.456 e. The lowest BCUT2D eigenvalue weighted by Crippen LogP contribution is -2.08. The van der Waals surface area contributed by atoms with Crippen LogP contribution in [0.15, 0.2) is 46.9 Å². The molecule has 3 nitrogen and oxygen atoms in total. The first-order valence-electron chi connectivity index (χ1n) is 6.40. The molecule has 4 heteroatoms. The zero-order valence-corrected chi connectivity index (χ0v) is 13.4. The summed E-state index contributed by atoms with van der Waals surface area (Å²) in [6.45, 7) is 1.74. The predicted octanol–water partition coefficient (Wildman–Crippen LogP) is 4.36. The summed E-state index contributed by atoms with van der Waals surface area (Å²) < 4.78 is 6.70. The first kappa shape index (κ1) is 14.9. The molecule has 2 aromatic rings. The Kier molecular flexibility index (Phi) is 4.68. The summed E-state index contributed by atoms with van der Waals surface area (Å²) in [5.41, 5.74) is 1.94. The Morgan fingerprint density at radius 3 is 2.50 bits per heavy atom. The molecule has 0 aliphatic rings. The Morgan fingerprint density at radius 2 is 1.90 bits per heavy atom. The lowest BCUT2D eigenvalue weighted by molar-refractivity contribution is 0.199. The summed E-state index contributed by atoms with van der Waals surface area (Å²) in [6, 6.07) is 13.5. The van der Waals surface area contributed by atoms with Gasteiger partial charge in [-0.05, 0) is 52.7 Å². The minimum atomic E-state index is -0.489. The minimum absolute atomic E-state index is 0.489. The molecule has 0 aliphatic carbocycles. The molecule has 0 radical (unpaired) electrons. The Labute approximate surface area is 127 Å². The number of rotatable bonds is 4. The number of halogens is 1. The van der Waals surface area contributed by atoms with Gasteiger partial charge in [0, 0.05) is 25.8 Å². The molecule has 0 aliphatic heterocycles. The average molecular weight is 336 g/mol. The number of benzene rings is 2. The van der Waals surface area contributed by atoms with Gasteiger partial charge in [-0.3, -0.25) is 0 Å². The van der Waals surface area contributed by atoms with Gasteiger partial charge in [0.15, 0.2) is 0 Å². The third-order valence-electron chi connectivity index (χ3n) is 3.00. The highest BCUT2D eigenvalue weighted by atomic mass is 79.9. The van der Waals surface area contributed by atoms with E-state index in [0.29, 0.717) is 0 Å². The summed E-state index contributed by atoms with van der Waals surface area (Å²) in [5.74, 6) is 1.51. The monoisotopic (exact) mass is 335 g/mol. The van der Waals surface area contributed by atoms with Crippen LogP contribution in [-0.2, 0) is 0 Å². The van der Waals surface area contributed by atoms with Crippen LogP contribution in [0.1, 0.15) is 18.6 Å². The van der Waals surface area contributed by atoms with Crippen molar-refractivity contribution in [2.45, 2.75) is 13.0 Å². The summed E-state index contributed by atoms with van der Waals surface area (Å²) in [7, 11) is 3.99. The van der Waals surface area contributed by atoms with Crippen molar-refractivity contribution in [3.8, 4) is 11.5 Å². The normalized spacial score (nSPS) is 12.1. The molecule has 106 valence electrons. The van der Waals surface area contributed by atoms with Crippen LogP contribution in [0.4, 0.5) is 5.69 Å². The van der Waals surface area contributed by atoms with E-state index >= 15 is 0 Å². The van der Waals surface area contributed by atoms with Crippen molar-refractivity contribution in [3.05, 3.63) is 52.5 Å².